The van der Waals surface area contributed by atoms with Gasteiger partial charge in [-0.15, -0.1) is 0 Å². The van der Waals surface area contributed by atoms with Crippen molar-refractivity contribution in [1.82, 2.24) is 29.4 Å². The monoisotopic (exact) mass is 548 g/mol. The van der Waals surface area contributed by atoms with Crippen LogP contribution in [0.4, 0.5) is 20.5 Å². The fourth-order valence-corrected chi connectivity index (χ4v) is 5.06. The SMILES string of the molecule is CC(C)n1c(=O)c(-c2ccc(NSCCC(C)(F)F)nc2)nc2cnc(N)nc21.CN(C)C1CCCCC1. The number of nitrogens with zero attached hydrogens (tertiary/aromatic N) is 6. The maximum absolute atomic E-state index is 13.0. The van der Waals surface area contributed by atoms with E-state index < -0.39 is 5.92 Å². The van der Waals surface area contributed by atoms with E-state index in [0.29, 0.717) is 22.5 Å². The van der Waals surface area contributed by atoms with Gasteiger partial charge < -0.3 is 15.4 Å². The Morgan fingerprint density at radius 1 is 1.16 bits per heavy atom. The lowest BCUT2D eigenvalue weighted by Gasteiger charge is -2.27. The van der Waals surface area contributed by atoms with Crippen molar-refractivity contribution in [2.24, 2.45) is 0 Å². The van der Waals surface area contributed by atoms with E-state index in [1.54, 1.807) is 12.1 Å². The number of alkyl halides is 2. The summed E-state index contributed by atoms with van der Waals surface area (Å²) in [5, 5.41) is 0. The van der Waals surface area contributed by atoms with E-state index in [1.165, 1.54) is 49.1 Å². The van der Waals surface area contributed by atoms with E-state index >= 15 is 0 Å². The quantitative estimate of drug-likeness (QED) is 0.282. The summed E-state index contributed by atoms with van der Waals surface area (Å²) in [5.74, 6) is -1.89. The zero-order valence-corrected chi connectivity index (χ0v) is 23.6. The zero-order chi connectivity index (χ0) is 27.9. The van der Waals surface area contributed by atoms with Crippen molar-refractivity contribution in [3.05, 3.63) is 34.9 Å². The van der Waals surface area contributed by atoms with E-state index in [0.717, 1.165) is 24.9 Å². The number of halogens is 2. The fourth-order valence-electron chi connectivity index (χ4n) is 4.23. The van der Waals surface area contributed by atoms with Crippen molar-refractivity contribution < 1.29 is 8.78 Å². The number of fused-ring (bicyclic) bond motifs is 1. The van der Waals surface area contributed by atoms with Gasteiger partial charge in [-0.25, -0.2) is 23.7 Å². The first kappa shape index (κ1) is 29.7. The highest BCUT2D eigenvalue weighted by Crippen LogP contribution is 2.23. The normalized spacial score (nSPS) is 14.6. The molecular formula is C26H38F2N8OS. The van der Waals surface area contributed by atoms with Crippen LogP contribution >= 0.6 is 11.9 Å². The second-order valence-electron chi connectivity index (χ2n) is 10.1. The van der Waals surface area contributed by atoms with Gasteiger partial charge in [-0.3, -0.25) is 9.36 Å². The molecule has 1 saturated carbocycles. The Kier molecular flexibility index (Phi) is 10.4. The van der Waals surface area contributed by atoms with Gasteiger partial charge in [0.05, 0.1) is 6.20 Å². The minimum Gasteiger partial charge on any atom is -0.368 e. The Morgan fingerprint density at radius 3 is 2.42 bits per heavy atom. The van der Waals surface area contributed by atoms with Crippen molar-refractivity contribution in [3.63, 3.8) is 0 Å². The van der Waals surface area contributed by atoms with Gasteiger partial charge in [-0.1, -0.05) is 31.2 Å². The molecule has 0 spiro atoms. The first-order valence-corrected chi connectivity index (χ1v) is 13.9. The number of hydrogen-bond donors (Lipinski definition) is 2. The molecule has 0 radical (unpaired) electrons. The second kappa shape index (κ2) is 13.3. The van der Waals surface area contributed by atoms with Gasteiger partial charge in [0.2, 0.25) is 11.9 Å². The van der Waals surface area contributed by atoms with Crippen LogP contribution in [0.25, 0.3) is 22.4 Å². The standard InChI is InChI=1S/C18H21F2N7OS.C8H17N/c1-10(2)27-15-12(9-23-17(21)25-15)24-14(16(27)28)11-4-5-13(22-8-11)26-29-7-6-18(3,19)20;1-9(2)8-6-4-3-5-7-8/h4-5,8-10H,6-7H2,1-3H3,(H,22,26)(H2,21,23,25);8H,3-7H2,1-2H3. The molecule has 1 aliphatic carbocycles. The Balaban J connectivity index is 0.000000375. The number of pyridine rings is 1. The molecule has 0 aliphatic heterocycles. The molecule has 0 amide bonds. The maximum Gasteiger partial charge on any atom is 0.279 e. The van der Waals surface area contributed by atoms with Gasteiger partial charge >= 0.3 is 0 Å². The molecule has 1 aliphatic rings. The molecule has 3 N–H and O–H groups in total. The average molecular weight is 549 g/mol. The molecule has 0 unspecified atom stereocenters. The predicted molar refractivity (Wildman–Crippen MR) is 152 cm³/mol. The summed E-state index contributed by atoms with van der Waals surface area (Å²) in [6, 6.07) is 4.08. The topological polar surface area (TPSA) is 115 Å². The first-order chi connectivity index (χ1) is 18.0. The number of anilines is 2. The first-order valence-electron chi connectivity index (χ1n) is 12.9. The van der Waals surface area contributed by atoms with Crippen LogP contribution in [0.2, 0.25) is 0 Å². The third-order valence-electron chi connectivity index (χ3n) is 6.33. The highest BCUT2D eigenvalue weighted by molar-refractivity contribution is 8.00. The highest BCUT2D eigenvalue weighted by atomic mass is 32.2. The molecule has 4 rings (SSSR count). The fraction of sp³-hybridized carbons (Fsp3) is 0.577. The van der Waals surface area contributed by atoms with E-state index in [1.807, 2.05) is 13.8 Å². The Bertz CT molecular complexity index is 1240. The number of nitrogens with one attached hydrogen (secondary N) is 1. The molecule has 0 aromatic carbocycles. The van der Waals surface area contributed by atoms with Crippen LogP contribution in [0, 0.1) is 0 Å². The summed E-state index contributed by atoms with van der Waals surface area (Å²) < 4.78 is 30.1. The molecule has 0 bridgehead atoms. The van der Waals surface area contributed by atoms with Crippen molar-refractivity contribution in [2.45, 2.75) is 77.3 Å². The lowest BCUT2D eigenvalue weighted by Crippen LogP contribution is -2.29. The molecule has 3 aromatic rings. The van der Waals surface area contributed by atoms with Gasteiger partial charge in [-0.05, 0) is 59.8 Å². The van der Waals surface area contributed by atoms with E-state index in [9.17, 15) is 13.6 Å². The number of aromatic nitrogens is 5. The summed E-state index contributed by atoms with van der Waals surface area (Å²) >= 11 is 1.15. The lowest BCUT2D eigenvalue weighted by molar-refractivity contribution is 0.0194. The molecular weight excluding hydrogens is 510 g/mol. The highest BCUT2D eigenvalue weighted by Gasteiger charge is 2.20. The van der Waals surface area contributed by atoms with Crippen LogP contribution in [0.15, 0.2) is 29.3 Å². The molecule has 3 heterocycles. The number of rotatable bonds is 8. The van der Waals surface area contributed by atoms with Gasteiger partial charge in [0.1, 0.15) is 17.0 Å². The van der Waals surface area contributed by atoms with Crippen LogP contribution < -0.4 is 16.0 Å². The van der Waals surface area contributed by atoms with Gasteiger partial charge in [0.25, 0.3) is 5.56 Å². The predicted octanol–water partition coefficient (Wildman–Crippen LogP) is 5.40. The van der Waals surface area contributed by atoms with Crippen molar-refractivity contribution in [3.8, 4) is 11.3 Å². The van der Waals surface area contributed by atoms with Gasteiger partial charge in [0, 0.05) is 36.0 Å². The summed E-state index contributed by atoms with van der Waals surface area (Å²) in [6.45, 7) is 4.62. The van der Waals surface area contributed by atoms with Crippen molar-refractivity contribution in [1.29, 1.82) is 0 Å². The second-order valence-corrected chi connectivity index (χ2v) is 11.0. The van der Waals surface area contributed by atoms with Crippen molar-refractivity contribution >= 4 is 34.9 Å². The van der Waals surface area contributed by atoms with Gasteiger partial charge in [-0.2, -0.15) is 4.98 Å². The molecule has 38 heavy (non-hydrogen) atoms. The third-order valence-corrected chi connectivity index (χ3v) is 7.09. The summed E-state index contributed by atoms with van der Waals surface area (Å²) in [7, 11) is 4.38. The molecule has 3 aromatic heterocycles. The Labute approximate surface area is 226 Å². The number of hydrogen-bond acceptors (Lipinski definition) is 9. The van der Waals surface area contributed by atoms with Crippen LogP contribution in [0.3, 0.4) is 0 Å². The summed E-state index contributed by atoms with van der Waals surface area (Å²) in [6.07, 6.45) is 9.96. The Hall–Kier alpha value is -2.86. The molecule has 1 fully saturated rings. The zero-order valence-electron chi connectivity index (χ0n) is 22.7. The van der Waals surface area contributed by atoms with E-state index in [-0.39, 0.29) is 35.4 Å². The largest absolute Gasteiger partial charge is 0.368 e. The van der Waals surface area contributed by atoms with E-state index in [2.05, 4.69) is 43.7 Å². The minimum absolute atomic E-state index is 0.0660. The maximum atomic E-state index is 13.0. The summed E-state index contributed by atoms with van der Waals surface area (Å²) in [5.41, 5.74) is 6.91. The summed E-state index contributed by atoms with van der Waals surface area (Å²) in [4.78, 5) is 32.1. The smallest absolute Gasteiger partial charge is 0.279 e. The van der Waals surface area contributed by atoms with Crippen LogP contribution in [-0.2, 0) is 0 Å². The molecule has 208 valence electrons. The molecule has 12 heteroatoms. The molecule has 9 nitrogen and oxygen atoms in total. The lowest BCUT2D eigenvalue weighted by atomic mass is 9.95. The van der Waals surface area contributed by atoms with Crippen LogP contribution in [0.1, 0.15) is 65.3 Å². The van der Waals surface area contributed by atoms with E-state index in [4.69, 9.17) is 5.73 Å². The van der Waals surface area contributed by atoms with Gasteiger partial charge in [0.15, 0.2) is 5.65 Å². The Morgan fingerprint density at radius 2 is 1.87 bits per heavy atom. The minimum atomic E-state index is -2.70. The third kappa shape index (κ3) is 8.32. The van der Waals surface area contributed by atoms with Crippen LogP contribution in [0.5, 0.6) is 0 Å². The molecule has 0 atom stereocenters. The number of nitrogens with two attached hydrogens (primary N) is 1. The number of nitrogen functional groups attached to an aromatic ring is 1. The average Bonchev–Trinajstić information content (AvgIpc) is 2.87. The molecule has 0 saturated heterocycles. The van der Waals surface area contributed by atoms with Crippen LogP contribution in [-0.4, -0.2) is 61.2 Å². The van der Waals surface area contributed by atoms with Crippen molar-refractivity contribution in [2.75, 3.05) is 30.3 Å².